The van der Waals surface area contributed by atoms with Gasteiger partial charge >= 0.3 is 0 Å². The van der Waals surface area contributed by atoms with Gasteiger partial charge in [-0.1, -0.05) is 22.4 Å². The fourth-order valence-corrected chi connectivity index (χ4v) is 4.25. The molecule has 26 heavy (non-hydrogen) atoms. The molecular formula is C19H24N6O. The van der Waals surface area contributed by atoms with E-state index in [-0.39, 0.29) is 5.54 Å². The van der Waals surface area contributed by atoms with Crippen molar-refractivity contribution in [2.75, 3.05) is 0 Å². The summed E-state index contributed by atoms with van der Waals surface area (Å²) in [4.78, 5) is 11.7. The molecule has 1 aromatic heterocycles. The smallest absolute Gasteiger partial charge is 0.248 e. The fourth-order valence-electron chi connectivity index (χ4n) is 4.25. The molecule has 1 aromatic carbocycles. The van der Waals surface area contributed by atoms with Gasteiger partial charge in [0.05, 0.1) is 5.41 Å². The Labute approximate surface area is 152 Å². The summed E-state index contributed by atoms with van der Waals surface area (Å²) in [6, 6.07) is 5.70. The number of benzene rings is 1. The van der Waals surface area contributed by atoms with Gasteiger partial charge in [0.15, 0.2) is 5.82 Å². The van der Waals surface area contributed by atoms with Crippen LogP contribution in [0.4, 0.5) is 0 Å². The zero-order valence-electron chi connectivity index (χ0n) is 15.2. The van der Waals surface area contributed by atoms with Crippen molar-refractivity contribution in [3.05, 3.63) is 51.9 Å². The third kappa shape index (κ3) is 2.54. The molecular weight excluding hydrogens is 328 g/mol. The number of H-pyrrole nitrogens is 1. The van der Waals surface area contributed by atoms with Gasteiger partial charge < -0.3 is 11.5 Å². The monoisotopic (exact) mass is 352 g/mol. The van der Waals surface area contributed by atoms with Crippen LogP contribution < -0.4 is 11.5 Å². The molecule has 0 bridgehead atoms. The minimum Gasteiger partial charge on any atom is -0.366 e. The van der Waals surface area contributed by atoms with Gasteiger partial charge in [-0.15, -0.1) is 10.2 Å². The number of allylic oxidation sites excluding steroid dienone is 2. The Morgan fingerprint density at radius 1 is 1.27 bits per heavy atom. The zero-order valence-corrected chi connectivity index (χ0v) is 15.2. The average Bonchev–Trinajstić information content (AvgIpc) is 3.12. The number of rotatable bonds is 4. The highest BCUT2D eigenvalue weighted by Gasteiger charge is 2.52. The summed E-state index contributed by atoms with van der Waals surface area (Å²) >= 11 is 0. The molecule has 5 N–H and O–H groups in total. The van der Waals surface area contributed by atoms with E-state index >= 15 is 0 Å². The normalized spacial score (nSPS) is 24.1. The van der Waals surface area contributed by atoms with E-state index in [1.54, 1.807) is 6.07 Å². The first-order chi connectivity index (χ1) is 12.4. The highest BCUT2D eigenvalue weighted by atomic mass is 16.1. The number of fused-ring (bicyclic) bond motifs is 1. The van der Waals surface area contributed by atoms with Gasteiger partial charge in [0.25, 0.3) is 0 Å². The van der Waals surface area contributed by atoms with E-state index in [1.165, 1.54) is 11.1 Å². The first-order valence-electron chi connectivity index (χ1n) is 8.99. The number of nitrogens with one attached hydrogen (secondary N) is 1. The first kappa shape index (κ1) is 16.9. The van der Waals surface area contributed by atoms with Crippen LogP contribution in [0, 0.1) is 0 Å². The number of aromatic nitrogens is 4. The maximum Gasteiger partial charge on any atom is 0.248 e. The minimum atomic E-state index is -0.537. The minimum absolute atomic E-state index is 0.216. The second-order valence-electron chi connectivity index (χ2n) is 7.82. The van der Waals surface area contributed by atoms with E-state index in [2.05, 4.69) is 34.5 Å². The Kier molecular flexibility index (Phi) is 3.73. The molecule has 1 fully saturated rings. The predicted molar refractivity (Wildman–Crippen MR) is 97.4 cm³/mol. The topological polar surface area (TPSA) is 124 Å². The molecule has 7 heteroatoms. The van der Waals surface area contributed by atoms with Crippen molar-refractivity contribution in [1.29, 1.82) is 0 Å². The quantitative estimate of drug-likeness (QED) is 0.723. The second kappa shape index (κ2) is 5.74. The molecule has 1 heterocycles. The molecule has 1 amide bonds. The highest BCUT2D eigenvalue weighted by molar-refractivity contribution is 5.93. The predicted octanol–water partition coefficient (Wildman–Crippen LogP) is 1.75. The molecule has 2 aliphatic carbocycles. The Bertz CT molecular complexity index is 897. The number of hydrogen-bond acceptors (Lipinski definition) is 5. The summed E-state index contributed by atoms with van der Waals surface area (Å²) in [5.41, 5.74) is 16.6. The average molecular weight is 352 g/mol. The summed E-state index contributed by atoms with van der Waals surface area (Å²) in [6.45, 7) is 4.30. The molecule has 0 aliphatic heterocycles. The molecule has 0 spiro atoms. The summed E-state index contributed by atoms with van der Waals surface area (Å²) in [5.74, 6) is 0.224. The van der Waals surface area contributed by atoms with Crippen molar-refractivity contribution in [2.24, 2.45) is 11.5 Å². The van der Waals surface area contributed by atoms with Crippen molar-refractivity contribution >= 4 is 5.91 Å². The summed E-state index contributed by atoms with van der Waals surface area (Å²) in [5, 5.41) is 15.2. The molecule has 4 rings (SSSR count). The lowest BCUT2D eigenvalue weighted by molar-refractivity contribution is 0.1000. The number of aromatic amines is 1. The molecule has 1 unspecified atom stereocenters. The number of carbonyl (C=O) groups is 1. The van der Waals surface area contributed by atoms with E-state index in [0.717, 1.165) is 43.2 Å². The molecule has 1 atom stereocenters. The molecule has 0 saturated heterocycles. The molecule has 2 aromatic rings. The number of aryl methyl sites for hydroxylation is 1. The van der Waals surface area contributed by atoms with Crippen LogP contribution >= 0.6 is 0 Å². The van der Waals surface area contributed by atoms with Crippen LogP contribution in [0.5, 0.6) is 0 Å². The van der Waals surface area contributed by atoms with Crippen molar-refractivity contribution in [3.63, 3.8) is 0 Å². The maximum atomic E-state index is 11.7. The highest BCUT2D eigenvalue weighted by Crippen LogP contribution is 2.52. The zero-order chi connectivity index (χ0) is 18.5. The van der Waals surface area contributed by atoms with Gasteiger partial charge in [-0.2, -0.15) is 5.21 Å². The van der Waals surface area contributed by atoms with Gasteiger partial charge in [-0.05, 0) is 69.2 Å². The van der Waals surface area contributed by atoms with Crippen LogP contribution in [0.3, 0.4) is 0 Å². The van der Waals surface area contributed by atoms with Crippen molar-refractivity contribution in [2.45, 2.75) is 56.9 Å². The lowest BCUT2D eigenvalue weighted by Crippen LogP contribution is -2.40. The van der Waals surface area contributed by atoms with Crippen LogP contribution in [-0.2, 0) is 11.8 Å². The van der Waals surface area contributed by atoms with Crippen molar-refractivity contribution in [3.8, 4) is 0 Å². The van der Waals surface area contributed by atoms with Gasteiger partial charge in [0.1, 0.15) is 0 Å². The summed E-state index contributed by atoms with van der Waals surface area (Å²) in [6.07, 6.45) is 4.47. The number of nitrogens with zero attached hydrogens (tertiary/aromatic N) is 3. The Morgan fingerprint density at radius 2 is 2.04 bits per heavy atom. The molecule has 2 aliphatic rings. The summed E-state index contributed by atoms with van der Waals surface area (Å²) < 4.78 is 0. The Hall–Kier alpha value is -2.54. The van der Waals surface area contributed by atoms with Crippen LogP contribution in [-0.4, -0.2) is 32.1 Å². The van der Waals surface area contributed by atoms with Gasteiger partial charge in [-0.25, -0.2) is 0 Å². The SMILES string of the molecule is CC1=C(C)C(CC2(N)CC2)(c2nn[nH]n2)c2ccc(C(N)=O)cc2CC1. The van der Waals surface area contributed by atoms with E-state index < -0.39 is 11.3 Å². The van der Waals surface area contributed by atoms with Crippen molar-refractivity contribution < 1.29 is 4.79 Å². The van der Waals surface area contributed by atoms with Crippen LogP contribution in [0.25, 0.3) is 0 Å². The van der Waals surface area contributed by atoms with Gasteiger partial charge in [-0.3, -0.25) is 4.79 Å². The third-order valence-corrected chi connectivity index (χ3v) is 6.14. The largest absolute Gasteiger partial charge is 0.366 e. The van der Waals surface area contributed by atoms with E-state index in [4.69, 9.17) is 11.5 Å². The number of primary amides is 1. The standard InChI is InChI=1S/C19H24N6O/c1-11-3-4-13-9-14(16(20)26)5-6-15(13)19(12(11)2,10-18(21)7-8-18)17-22-24-25-23-17/h5-6,9H,3-4,7-8,10,21H2,1-2H3,(H2,20,26)(H,22,23,24,25). The number of tetrazole rings is 1. The number of amides is 1. The van der Waals surface area contributed by atoms with Crippen LogP contribution in [0.15, 0.2) is 29.3 Å². The Morgan fingerprint density at radius 3 is 2.65 bits per heavy atom. The van der Waals surface area contributed by atoms with E-state index in [9.17, 15) is 4.79 Å². The molecule has 1 saturated carbocycles. The van der Waals surface area contributed by atoms with E-state index in [1.807, 2.05) is 12.1 Å². The third-order valence-electron chi connectivity index (χ3n) is 6.14. The second-order valence-corrected chi connectivity index (χ2v) is 7.82. The lowest BCUT2D eigenvalue weighted by atomic mass is 9.67. The van der Waals surface area contributed by atoms with E-state index in [0.29, 0.717) is 11.4 Å². The fraction of sp³-hybridized carbons (Fsp3) is 0.474. The molecule has 0 radical (unpaired) electrons. The van der Waals surface area contributed by atoms with Gasteiger partial charge in [0.2, 0.25) is 5.91 Å². The van der Waals surface area contributed by atoms with Crippen molar-refractivity contribution in [1.82, 2.24) is 20.6 Å². The van der Waals surface area contributed by atoms with Crippen LogP contribution in [0.2, 0.25) is 0 Å². The molecule has 7 nitrogen and oxygen atoms in total. The maximum absolute atomic E-state index is 11.7. The van der Waals surface area contributed by atoms with Crippen LogP contribution in [0.1, 0.15) is 66.8 Å². The first-order valence-corrected chi connectivity index (χ1v) is 8.99. The van der Waals surface area contributed by atoms with Gasteiger partial charge in [0, 0.05) is 11.1 Å². The number of nitrogens with two attached hydrogens (primary N) is 2. The molecule has 136 valence electrons. The Balaban J connectivity index is 2.00. The summed E-state index contributed by atoms with van der Waals surface area (Å²) in [7, 11) is 0. The lowest BCUT2D eigenvalue weighted by Gasteiger charge is -2.36. The number of carbonyl (C=O) groups excluding carboxylic acids is 1. The number of hydrogen-bond donors (Lipinski definition) is 3.